The highest BCUT2D eigenvalue weighted by Gasteiger charge is 2.19. The molecule has 0 aliphatic heterocycles. The Morgan fingerprint density at radius 2 is 1.88 bits per heavy atom. The van der Waals surface area contributed by atoms with Crippen LogP contribution in [0.1, 0.15) is 25.8 Å². The van der Waals surface area contributed by atoms with Crippen LogP contribution < -0.4 is 5.32 Å². The molecule has 1 rings (SSSR count). The van der Waals surface area contributed by atoms with E-state index in [9.17, 15) is 4.79 Å². The summed E-state index contributed by atoms with van der Waals surface area (Å²) in [7, 11) is 0. The third kappa shape index (κ3) is 4.21. The molecule has 0 aliphatic carbocycles. The molecule has 1 aromatic rings. The molecule has 0 atom stereocenters. The number of carbonyl (C=O) groups is 1. The second kappa shape index (κ2) is 4.88. The van der Waals surface area contributed by atoms with Crippen LogP contribution in [-0.4, -0.2) is 21.8 Å². The fourth-order valence-corrected chi connectivity index (χ4v) is 1.47. The Labute approximate surface area is 94.9 Å². The van der Waals surface area contributed by atoms with Crippen molar-refractivity contribution in [2.24, 2.45) is 0 Å². The topological polar surface area (TPSA) is 69.6 Å². The van der Waals surface area contributed by atoms with Crippen molar-refractivity contribution >= 4 is 6.09 Å². The first-order valence-electron chi connectivity index (χ1n) is 5.18. The number of amides is 1. The molecule has 1 amide bonds. The van der Waals surface area contributed by atoms with Gasteiger partial charge in [0.15, 0.2) is 0 Å². The number of nitrogens with one attached hydrogen (secondary N) is 1. The Morgan fingerprint density at radius 3 is 2.38 bits per heavy atom. The fraction of sp³-hybridized carbons (Fsp3) is 0.417. The number of benzene rings is 1. The van der Waals surface area contributed by atoms with Crippen LogP contribution in [0.2, 0.25) is 0 Å². The average Bonchev–Trinajstić information content (AvgIpc) is 2.15. The van der Waals surface area contributed by atoms with Crippen LogP contribution in [0, 0.1) is 0 Å². The summed E-state index contributed by atoms with van der Waals surface area (Å²) in [4.78, 5) is 10.5. The second-order valence-corrected chi connectivity index (χ2v) is 4.48. The van der Waals surface area contributed by atoms with Crippen molar-refractivity contribution in [2.75, 3.05) is 0 Å². The summed E-state index contributed by atoms with van der Waals surface area (Å²) >= 11 is 0. The Morgan fingerprint density at radius 1 is 1.31 bits per heavy atom. The van der Waals surface area contributed by atoms with Crippen molar-refractivity contribution in [2.45, 2.75) is 32.2 Å². The maximum atomic E-state index is 10.5. The largest absolute Gasteiger partial charge is 0.508 e. The number of aryl methyl sites for hydroxylation is 1. The van der Waals surface area contributed by atoms with Gasteiger partial charge in [0.25, 0.3) is 0 Å². The van der Waals surface area contributed by atoms with E-state index >= 15 is 0 Å². The van der Waals surface area contributed by atoms with Crippen molar-refractivity contribution in [3.8, 4) is 5.75 Å². The van der Waals surface area contributed by atoms with Gasteiger partial charge < -0.3 is 15.5 Å². The van der Waals surface area contributed by atoms with Crippen LogP contribution >= 0.6 is 0 Å². The van der Waals surface area contributed by atoms with Gasteiger partial charge in [-0.2, -0.15) is 0 Å². The molecule has 16 heavy (non-hydrogen) atoms. The Bertz CT molecular complexity index is 357. The molecular weight excluding hydrogens is 206 g/mol. The lowest BCUT2D eigenvalue weighted by atomic mass is 9.95. The van der Waals surface area contributed by atoms with Crippen LogP contribution in [0.4, 0.5) is 4.79 Å². The molecule has 0 aromatic heterocycles. The summed E-state index contributed by atoms with van der Waals surface area (Å²) in [5, 5.41) is 20.2. The van der Waals surface area contributed by atoms with E-state index in [1.165, 1.54) is 0 Å². The van der Waals surface area contributed by atoms with E-state index in [0.717, 1.165) is 12.0 Å². The zero-order valence-electron chi connectivity index (χ0n) is 9.53. The van der Waals surface area contributed by atoms with E-state index in [1.807, 2.05) is 26.0 Å². The average molecular weight is 223 g/mol. The van der Waals surface area contributed by atoms with E-state index in [1.54, 1.807) is 12.1 Å². The van der Waals surface area contributed by atoms with E-state index < -0.39 is 11.6 Å². The molecule has 0 fully saturated rings. The highest BCUT2D eigenvalue weighted by Crippen LogP contribution is 2.16. The number of carboxylic acid groups (broad SMARTS) is 1. The van der Waals surface area contributed by atoms with E-state index in [4.69, 9.17) is 10.2 Å². The molecule has 0 spiro atoms. The molecule has 88 valence electrons. The number of hydrogen-bond donors (Lipinski definition) is 3. The van der Waals surface area contributed by atoms with Gasteiger partial charge in [-0.05, 0) is 44.4 Å². The van der Waals surface area contributed by atoms with Gasteiger partial charge in [0.1, 0.15) is 5.75 Å². The van der Waals surface area contributed by atoms with Gasteiger partial charge in [0.2, 0.25) is 0 Å². The zero-order valence-corrected chi connectivity index (χ0v) is 9.53. The van der Waals surface area contributed by atoms with E-state index in [2.05, 4.69) is 5.32 Å². The lowest BCUT2D eigenvalue weighted by molar-refractivity contribution is 0.180. The van der Waals surface area contributed by atoms with Crippen LogP contribution in [-0.2, 0) is 6.42 Å². The van der Waals surface area contributed by atoms with Gasteiger partial charge in [0, 0.05) is 5.54 Å². The lowest BCUT2D eigenvalue weighted by Crippen LogP contribution is -2.42. The summed E-state index contributed by atoms with van der Waals surface area (Å²) in [6, 6.07) is 6.94. The van der Waals surface area contributed by atoms with Crippen LogP contribution in [0.3, 0.4) is 0 Å². The molecule has 0 unspecified atom stereocenters. The molecule has 0 heterocycles. The number of phenols is 1. The molecule has 4 nitrogen and oxygen atoms in total. The minimum absolute atomic E-state index is 0.242. The van der Waals surface area contributed by atoms with Gasteiger partial charge in [0.05, 0.1) is 0 Å². The third-order valence-corrected chi connectivity index (χ3v) is 2.42. The van der Waals surface area contributed by atoms with Gasteiger partial charge in [-0.1, -0.05) is 12.1 Å². The van der Waals surface area contributed by atoms with Gasteiger partial charge in [-0.15, -0.1) is 0 Å². The van der Waals surface area contributed by atoms with Crippen molar-refractivity contribution in [3.05, 3.63) is 29.8 Å². The second-order valence-electron chi connectivity index (χ2n) is 4.48. The number of hydrogen-bond acceptors (Lipinski definition) is 2. The summed E-state index contributed by atoms with van der Waals surface area (Å²) in [6.45, 7) is 3.70. The summed E-state index contributed by atoms with van der Waals surface area (Å²) in [5.41, 5.74) is 0.641. The number of aromatic hydroxyl groups is 1. The quantitative estimate of drug-likeness (QED) is 0.734. The SMILES string of the molecule is CC(C)(CCc1ccc(O)cc1)NC(=O)O. The van der Waals surface area contributed by atoms with Crippen LogP contribution in [0.5, 0.6) is 5.75 Å². The maximum absolute atomic E-state index is 10.5. The summed E-state index contributed by atoms with van der Waals surface area (Å²) in [5.74, 6) is 0.242. The van der Waals surface area contributed by atoms with Crippen molar-refractivity contribution < 1.29 is 15.0 Å². The monoisotopic (exact) mass is 223 g/mol. The van der Waals surface area contributed by atoms with E-state index in [0.29, 0.717) is 6.42 Å². The predicted octanol–water partition coefficient (Wildman–Crippen LogP) is 2.37. The van der Waals surface area contributed by atoms with Crippen molar-refractivity contribution in [1.82, 2.24) is 5.32 Å². The highest BCUT2D eigenvalue weighted by molar-refractivity contribution is 5.65. The summed E-state index contributed by atoms with van der Waals surface area (Å²) in [6.07, 6.45) is 0.480. The Balaban J connectivity index is 2.50. The Kier molecular flexibility index (Phi) is 3.77. The molecule has 1 aromatic carbocycles. The smallest absolute Gasteiger partial charge is 0.405 e. The van der Waals surface area contributed by atoms with Crippen molar-refractivity contribution in [1.29, 1.82) is 0 Å². The first-order valence-corrected chi connectivity index (χ1v) is 5.18. The van der Waals surface area contributed by atoms with Crippen molar-refractivity contribution in [3.63, 3.8) is 0 Å². The number of phenolic OH excluding ortho intramolecular Hbond substituents is 1. The molecule has 0 saturated carbocycles. The first-order chi connectivity index (χ1) is 7.39. The summed E-state index contributed by atoms with van der Waals surface area (Å²) < 4.78 is 0. The molecule has 0 bridgehead atoms. The standard InChI is InChI=1S/C12H17NO3/c1-12(2,13-11(15)16)8-7-9-3-5-10(14)6-4-9/h3-6,13-14H,7-8H2,1-2H3,(H,15,16). The number of rotatable bonds is 4. The van der Waals surface area contributed by atoms with E-state index in [-0.39, 0.29) is 5.75 Å². The molecule has 0 aliphatic rings. The minimum Gasteiger partial charge on any atom is -0.508 e. The Hall–Kier alpha value is -1.71. The van der Waals surface area contributed by atoms with Crippen LogP contribution in [0.25, 0.3) is 0 Å². The normalized spacial score (nSPS) is 11.1. The van der Waals surface area contributed by atoms with Gasteiger partial charge in [-0.3, -0.25) is 0 Å². The van der Waals surface area contributed by atoms with Crippen LogP contribution in [0.15, 0.2) is 24.3 Å². The molecule has 0 radical (unpaired) electrons. The first kappa shape index (κ1) is 12.4. The van der Waals surface area contributed by atoms with Gasteiger partial charge >= 0.3 is 6.09 Å². The minimum atomic E-state index is -1.00. The zero-order chi connectivity index (χ0) is 12.2. The fourth-order valence-electron chi connectivity index (χ4n) is 1.47. The highest BCUT2D eigenvalue weighted by atomic mass is 16.4. The lowest BCUT2D eigenvalue weighted by Gasteiger charge is -2.24. The molecule has 0 saturated heterocycles. The van der Waals surface area contributed by atoms with Gasteiger partial charge in [-0.25, -0.2) is 4.79 Å². The molecule has 4 heteroatoms. The molecule has 3 N–H and O–H groups in total. The predicted molar refractivity (Wildman–Crippen MR) is 61.7 cm³/mol. The maximum Gasteiger partial charge on any atom is 0.405 e. The third-order valence-electron chi connectivity index (χ3n) is 2.42. The molecular formula is C12H17NO3.